The zero-order valence-electron chi connectivity index (χ0n) is 13.2. The zero-order valence-corrected chi connectivity index (χ0v) is 13.2. The molecule has 0 fully saturated rings. The fraction of sp³-hybridized carbons (Fsp3) is 0.444. The molecule has 2 aromatic rings. The zero-order chi connectivity index (χ0) is 15.2. The van der Waals surface area contributed by atoms with E-state index < -0.39 is 0 Å². The second-order valence-corrected chi connectivity index (χ2v) is 5.67. The van der Waals surface area contributed by atoms with Gasteiger partial charge in [-0.25, -0.2) is 4.68 Å². The van der Waals surface area contributed by atoms with Gasteiger partial charge >= 0.3 is 0 Å². The van der Waals surface area contributed by atoms with Gasteiger partial charge in [0, 0.05) is 12.6 Å². The highest BCUT2D eigenvalue weighted by atomic mass is 15.4. The summed E-state index contributed by atoms with van der Waals surface area (Å²) in [6, 6.07) is 4.47. The highest BCUT2D eigenvalue weighted by Crippen LogP contribution is 2.16. The maximum Gasteiger partial charge on any atom is 0.0827 e. The van der Waals surface area contributed by atoms with Crippen LogP contribution in [0.4, 0.5) is 0 Å². The number of hydrogen-bond donors (Lipinski definition) is 0. The Morgan fingerprint density at radius 2 is 1.86 bits per heavy atom. The molecule has 0 aliphatic rings. The van der Waals surface area contributed by atoms with Crippen LogP contribution in [0.2, 0.25) is 0 Å². The summed E-state index contributed by atoms with van der Waals surface area (Å²) in [5.41, 5.74) is 6.36. The molecule has 2 rings (SSSR count). The quantitative estimate of drug-likeness (QED) is 0.598. The second kappa shape index (κ2) is 7.08. The van der Waals surface area contributed by atoms with Crippen LogP contribution in [0.1, 0.15) is 47.2 Å². The minimum atomic E-state index is 0.777. The highest BCUT2D eigenvalue weighted by Gasteiger charge is 2.04. The van der Waals surface area contributed by atoms with E-state index in [1.165, 1.54) is 22.3 Å². The van der Waals surface area contributed by atoms with Crippen LogP contribution in [0, 0.1) is 33.1 Å². The molecule has 3 nitrogen and oxygen atoms in total. The summed E-state index contributed by atoms with van der Waals surface area (Å²) in [5.74, 6) is 2.67. The number of unbranched alkanes of at least 4 members (excludes halogenated alkanes) is 2. The Hall–Kier alpha value is -2.08. The van der Waals surface area contributed by atoms with Crippen molar-refractivity contribution >= 4 is 0 Å². The molecule has 3 heteroatoms. The van der Waals surface area contributed by atoms with Crippen molar-refractivity contribution in [2.75, 3.05) is 0 Å². The van der Waals surface area contributed by atoms with Crippen LogP contribution in [0.15, 0.2) is 18.3 Å². The summed E-state index contributed by atoms with van der Waals surface area (Å²) in [6.07, 6.45) is 11.2. The van der Waals surface area contributed by atoms with Crippen molar-refractivity contribution in [1.29, 1.82) is 0 Å². The van der Waals surface area contributed by atoms with E-state index in [1.54, 1.807) is 0 Å². The van der Waals surface area contributed by atoms with Gasteiger partial charge in [0.25, 0.3) is 0 Å². The summed E-state index contributed by atoms with van der Waals surface area (Å²) in [5, 5.41) is 8.45. The Bertz CT molecular complexity index is 624. The van der Waals surface area contributed by atoms with E-state index in [4.69, 9.17) is 6.42 Å². The summed E-state index contributed by atoms with van der Waals surface area (Å²) < 4.78 is 1.92. The Labute approximate surface area is 127 Å². The maximum absolute atomic E-state index is 5.25. The molecule has 21 heavy (non-hydrogen) atoms. The Kier molecular flexibility index (Phi) is 5.16. The van der Waals surface area contributed by atoms with Crippen molar-refractivity contribution in [2.45, 2.75) is 53.0 Å². The van der Waals surface area contributed by atoms with Gasteiger partial charge in [0.05, 0.1) is 12.2 Å². The average molecular weight is 281 g/mol. The van der Waals surface area contributed by atoms with Crippen molar-refractivity contribution in [3.05, 3.63) is 46.3 Å². The lowest BCUT2D eigenvalue weighted by molar-refractivity contribution is 0.648. The maximum atomic E-state index is 5.25. The predicted octanol–water partition coefficient (Wildman–Crippen LogP) is 3.60. The molecular formula is C18H23N3. The molecule has 0 radical (unpaired) electrons. The fourth-order valence-corrected chi connectivity index (χ4v) is 2.47. The van der Waals surface area contributed by atoms with E-state index in [0.717, 1.165) is 37.9 Å². The smallest absolute Gasteiger partial charge is 0.0827 e. The molecule has 1 aromatic carbocycles. The molecular weight excluding hydrogens is 258 g/mol. The first-order chi connectivity index (χ1) is 10.1. The number of terminal acetylenes is 1. The molecule has 0 aliphatic carbocycles. The largest absolute Gasteiger partial charge is 0.248 e. The third-order valence-corrected chi connectivity index (χ3v) is 3.92. The van der Waals surface area contributed by atoms with E-state index in [1.807, 2.05) is 10.9 Å². The lowest BCUT2D eigenvalue weighted by Crippen LogP contribution is -2.02. The summed E-state index contributed by atoms with van der Waals surface area (Å²) >= 11 is 0. The molecule has 0 saturated heterocycles. The topological polar surface area (TPSA) is 30.7 Å². The number of aryl methyl sites for hydroxylation is 3. The minimum Gasteiger partial charge on any atom is -0.248 e. The van der Waals surface area contributed by atoms with Crippen molar-refractivity contribution in [1.82, 2.24) is 15.0 Å². The standard InChI is InChI=1S/C18H23N3/c1-5-6-7-8-9-18-13-21(20-19-18)12-17-10-14(2)16(4)15(3)11-17/h1,10-11,13H,6-9,12H2,2-4H3. The van der Waals surface area contributed by atoms with Gasteiger partial charge in [0.1, 0.15) is 0 Å². The Balaban J connectivity index is 1.98. The van der Waals surface area contributed by atoms with Crippen LogP contribution in [0.3, 0.4) is 0 Å². The van der Waals surface area contributed by atoms with Gasteiger partial charge in [-0.15, -0.1) is 17.4 Å². The van der Waals surface area contributed by atoms with Gasteiger partial charge in [0.15, 0.2) is 0 Å². The van der Waals surface area contributed by atoms with Gasteiger partial charge in [-0.1, -0.05) is 17.3 Å². The minimum absolute atomic E-state index is 0.777. The number of benzene rings is 1. The summed E-state index contributed by atoms with van der Waals surface area (Å²) in [7, 11) is 0. The van der Waals surface area contributed by atoms with Crippen LogP contribution < -0.4 is 0 Å². The number of rotatable bonds is 6. The molecule has 110 valence electrons. The summed E-state index contributed by atoms with van der Waals surface area (Å²) in [6.45, 7) is 7.26. The molecule has 0 N–H and O–H groups in total. The van der Waals surface area contributed by atoms with Gasteiger partial charge in [-0.3, -0.25) is 0 Å². The van der Waals surface area contributed by atoms with Crippen LogP contribution in [0.5, 0.6) is 0 Å². The first kappa shape index (κ1) is 15.3. The SMILES string of the molecule is C#CCCCCc1cn(Cc2cc(C)c(C)c(C)c2)nn1. The Morgan fingerprint density at radius 3 is 2.52 bits per heavy atom. The molecule has 1 heterocycles. The number of aromatic nitrogens is 3. The lowest BCUT2D eigenvalue weighted by atomic mass is 10.0. The highest BCUT2D eigenvalue weighted by molar-refractivity contribution is 5.36. The summed E-state index contributed by atoms with van der Waals surface area (Å²) in [4.78, 5) is 0. The Morgan fingerprint density at radius 1 is 1.14 bits per heavy atom. The third kappa shape index (κ3) is 4.19. The average Bonchev–Trinajstić information content (AvgIpc) is 2.88. The third-order valence-electron chi connectivity index (χ3n) is 3.92. The number of nitrogens with zero attached hydrogens (tertiary/aromatic N) is 3. The van der Waals surface area contributed by atoms with Crippen LogP contribution in [-0.4, -0.2) is 15.0 Å². The van der Waals surface area contributed by atoms with E-state index in [9.17, 15) is 0 Å². The predicted molar refractivity (Wildman–Crippen MR) is 86.2 cm³/mol. The van der Waals surface area contributed by atoms with E-state index >= 15 is 0 Å². The molecule has 0 unspecified atom stereocenters. The normalized spacial score (nSPS) is 10.6. The first-order valence-corrected chi connectivity index (χ1v) is 7.49. The fourth-order valence-electron chi connectivity index (χ4n) is 2.47. The lowest BCUT2D eigenvalue weighted by Gasteiger charge is -2.08. The number of hydrogen-bond acceptors (Lipinski definition) is 2. The monoisotopic (exact) mass is 281 g/mol. The van der Waals surface area contributed by atoms with E-state index in [0.29, 0.717) is 0 Å². The van der Waals surface area contributed by atoms with Gasteiger partial charge in [-0.2, -0.15) is 0 Å². The van der Waals surface area contributed by atoms with Crippen molar-refractivity contribution in [3.8, 4) is 12.3 Å². The molecule has 1 aromatic heterocycles. The van der Waals surface area contributed by atoms with Gasteiger partial charge < -0.3 is 0 Å². The molecule has 0 amide bonds. The van der Waals surface area contributed by atoms with Crippen molar-refractivity contribution in [2.24, 2.45) is 0 Å². The van der Waals surface area contributed by atoms with E-state index in [2.05, 4.69) is 49.1 Å². The van der Waals surface area contributed by atoms with Gasteiger partial charge in [-0.05, 0) is 62.3 Å². The van der Waals surface area contributed by atoms with Crippen LogP contribution in [0.25, 0.3) is 0 Å². The molecule has 0 spiro atoms. The molecule has 0 atom stereocenters. The van der Waals surface area contributed by atoms with Crippen molar-refractivity contribution in [3.63, 3.8) is 0 Å². The van der Waals surface area contributed by atoms with Crippen LogP contribution >= 0.6 is 0 Å². The second-order valence-electron chi connectivity index (χ2n) is 5.67. The first-order valence-electron chi connectivity index (χ1n) is 7.49. The van der Waals surface area contributed by atoms with Gasteiger partial charge in [0.2, 0.25) is 0 Å². The van der Waals surface area contributed by atoms with Crippen molar-refractivity contribution < 1.29 is 0 Å². The molecule has 0 aliphatic heterocycles. The molecule has 0 bridgehead atoms. The van der Waals surface area contributed by atoms with E-state index in [-0.39, 0.29) is 0 Å². The van der Waals surface area contributed by atoms with Crippen LogP contribution in [-0.2, 0) is 13.0 Å². The molecule has 0 saturated carbocycles.